The largest absolute Gasteiger partial charge is 0.444 e. The van der Waals surface area contributed by atoms with E-state index in [9.17, 15) is 14.1 Å². The van der Waals surface area contributed by atoms with Crippen LogP contribution < -0.4 is 10.6 Å². The minimum Gasteiger partial charge on any atom is -0.444 e. The molecule has 184 valence electrons. The topological polar surface area (TPSA) is 113 Å². The molecule has 1 aromatic carbocycles. The third kappa shape index (κ3) is 5.10. The van der Waals surface area contributed by atoms with E-state index in [2.05, 4.69) is 10.6 Å². The molecule has 1 amide bonds. The van der Waals surface area contributed by atoms with Crippen molar-refractivity contribution in [3.8, 4) is 11.4 Å². The third-order valence-corrected chi connectivity index (χ3v) is 7.82. The second-order valence-corrected chi connectivity index (χ2v) is 12.2. The molecular weight excluding hydrogens is 452 g/mol. The molecule has 3 N–H and O–H groups in total. The van der Waals surface area contributed by atoms with Gasteiger partial charge in [0, 0.05) is 17.7 Å². The van der Waals surface area contributed by atoms with Crippen LogP contribution in [0.2, 0.25) is 0 Å². The summed E-state index contributed by atoms with van der Waals surface area (Å²) in [6.45, 7) is 9.34. The molecule has 2 aliphatic rings. The normalized spacial score (nSPS) is 19.2. The molecule has 0 spiro atoms. The Balaban J connectivity index is 1.60. The Bertz CT molecular complexity index is 1100. The van der Waals surface area contributed by atoms with Gasteiger partial charge in [-0.1, -0.05) is 24.3 Å². The molecule has 0 bridgehead atoms. The summed E-state index contributed by atoms with van der Waals surface area (Å²) in [4.78, 5) is 22.4. The Kier molecular flexibility index (Phi) is 6.46. The van der Waals surface area contributed by atoms with Gasteiger partial charge in [0.1, 0.15) is 16.3 Å². The van der Waals surface area contributed by atoms with E-state index >= 15 is 0 Å². The first kappa shape index (κ1) is 24.6. The molecule has 1 atom stereocenters. The Morgan fingerprint density at radius 2 is 1.82 bits per heavy atom. The molecule has 9 heteroatoms. The molecule has 34 heavy (non-hydrogen) atoms. The molecule has 1 aliphatic carbocycles. The summed E-state index contributed by atoms with van der Waals surface area (Å²) in [6, 6.07) is 7.73. The van der Waals surface area contributed by atoms with E-state index in [1.165, 1.54) is 0 Å². The van der Waals surface area contributed by atoms with Gasteiger partial charge in [0.15, 0.2) is 5.82 Å². The first-order chi connectivity index (χ1) is 15.9. The van der Waals surface area contributed by atoms with Crippen LogP contribution in [-0.4, -0.2) is 48.9 Å². The Morgan fingerprint density at radius 1 is 1.15 bits per heavy atom. The number of aromatic nitrogens is 2. The summed E-state index contributed by atoms with van der Waals surface area (Å²) in [5, 5.41) is 16.2. The molecule has 4 rings (SSSR count). The molecule has 1 unspecified atom stereocenters. The number of fused-ring (bicyclic) bond motifs is 1. The number of ether oxygens (including phenoxy) is 1. The van der Waals surface area contributed by atoms with Crippen molar-refractivity contribution in [3.05, 3.63) is 35.5 Å². The number of nitrogens with zero attached hydrogens (tertiary/aromatic N) is 2. The lowest BCUT2D eigenvalue weighted by molar-refractivity contribution is 0.0470. The number of carbonyl (C=O) groups excluding carboxylic acids is 1. The monoisotopic (exact) mass is 486 g/mol. The number of aliphatic hydroxyl groups is 1. The summed E-state index contributed by atoms with van der Waals surface area (Å²) < 4.78 is 18.0. The van der Waals surface area contributed by atoms with Gasteiger partial charge in [-0.25, -0.2) is 14.8 Å². The van der Waals surface area contributed by atoms with Crippen LogP contribution >= 0.6 is 0 Å². The average Bonchev–Trinajstić information content (AvgIpc) is 3.10. The molecule has 1 fully saturated rings. The number of alkyl carbamates (subject to hydrolysis) is 1. The number of aliphatic hydroxyl groups excluding tert-OH is 1. The van der Waals surface area contributed by atoms with Crippen molar-refractivity contribution in [2.75, 3.05) is 17.7 Å². The van der Waals surface area contributed by atoms with Crippen molar-refractivity contribution >= 4 is 22.7 Å². The van der Waals surface area contributed by atoms with Gasteiger partial charge in [-0.2, -0.15) is 0 Å². The minimum atomic E-state index is -1.14. The summed E-state index contributed by atoms with van der Waals surface area (Å²) >= 11 is 0. The summed E-state index contributed by atoms with van der Waals surface area (Å²) in [5.41, 5.74) is 0.935. The molecule has 1 saturated carbocycles. The van der Waals surface area contributed by atoms with Crippen LogP contribution in [0.3, 0.4) is 0 Å². The van der Waals surface area contributed by atoms with Crippen molar-refractivity contribution in [2.24, 2.45) is 0 Å². The van der Waals surface area contributed by atoms with E-state index in [4.69, 9.17) is 14.7 Å². The van der Waals surface area contributed by atoms with Gasteiger partial charge in [0.25, 0.3) is 0 Å². The average molecular weight is 487 g/mol. The first-order valence-corrected chi connectivity index (χ1v) is 13.0. The van der Waals surface area contributed by atoms with E-state index in [0.717, 1.165) is 36.1 Å². The Morgan fingerprint density at radius 3 is 2.38 bits per heavy atom. The highest BCUT2D eigenvalue weighted by Gasteiger charge is 2.39. The first-order valence-electron chi connectivity index (χ1n) is 11.7. The lowest BCUT2D eigenvalue weighted by atomic mass is 9.77. The lowest BCUT2D eigenvalue weighted by Crippen LogP contribution is -2.48. The highest BCUT2D eigenvalue weighted by molar-refractivity contribution is 7.85. The number of aryl methyl sites for hydroxylation is 1. The fourth-order valence-electron chi connectivity index (χ4n) is 4.26. The van der Waals surface area contributed by atoms with Crippen LogP contribution in [0, 0.1) is 0 Å². The molecule has 1 aliphatic heterocycles. The molecule has 2 heterocycles. The summed E-state index contributed by atoms with van der Waals surface area (Å²) in [7, 11) is -1.14. The van der Waals surface area contributed by atoms with Crippen LogP contribution in [0.4, 0.5) is 10.6 Å². The lowest BCUT2D eigenvalue weighted by Gasteiger charge is -2.41. The maximum Gasteiger partial charge on any atom is 0.408 e. The van der Waals surface area contributed by atoms with Crippen molar-refractivity contribution in [1.29, 1.82) is 0 Å². The zero-order valence-electron chi connectivity index (χ0n) is 20.5. The quantitative estimate of drug-likeness (QED) is 0.568. The predicted molar refractivity (Wildman–Crippen MR) is 132 cm³/mol. The number of carbonyl (C=O) groups is 1. The predicted octanol–water partition coefficient (Wildman–Crippen LogP) is 3.89. The van der Waals surface area contributed by atoms with Crippen LogP contribution in [0.25, 0.3) is 11.4 Å². The van der Waals surface area contributed by atoms with Gasteiger partial charge in [-0.3, -0.25) is 4.21 Å². The highest BCUT2D eigenvalue weighted by atomic mass is 32.2. The van der Waals surface area contributed by atoms with E-state index in [1.54, 1.807) is 0 Å². The number of hydrogen-bond acceptors (Lipinski definition) is 7. The van der Waals surface area contributed by atoms with Gasteiger partial charge in [-0.05, 0) is 59.4 Å². The molecule has 0 saturated heterocycles. The maximum atomic E-state index is 12.6. The zero-order chi connectivity index (χ0) is 24.7. The van der Waals surface area contributed by atoms with Crippen molar-refractivity contribution in [2.45, 2.75) is 81.9 Å². The smallest absolute Gasteiger partial charge is 0.408 e. The van der Waals surface area contributed by atoms with Gasteiger partial charge in [0.05, 0.1) is 34.2 Å². The van der Waals surface area contributed by atoms with Crippen molar-refractivity contribution in [1.82, 2.24) is 15.3 Å². The van der Waals surface area contributed by atoms with Crippen molar-refractivity contribution < 1.29 is 18.8 Å². The Hall–Kier alpha value is -2.52. The molecular formula is C25H34N4O4S. The minimum absolute atomic E-state index is 0.0160. The maximum absolute atomic E-state index is 12.6. The zero-order valence-corrected chi connectivity index (χ0v) is 21.3. The highest BCUT2D eigenvalue weighted by Crippen LogP contribution is 2.38. The molecule has 8 nitrogen and oxygen atoms in total. The summed E-state index contributed by atoms with van der Waals surface area (Å²) in [5.74, 6) is 1.66. The number of hydrogen-bond donors (Lipinski definition) is 3. The van der Waals surface area contributed by atoms with Crippen LogP contribution in [0.5, 0.6) is 0 Å². The molecule has 1 aromatic heterocycles. The van der Waals surface area contributed by atoms with Crippen LogP contribution in [-0.2, 0) is 27.5 Å². The second kappa shape index (κ2) is 8.92. The fraction of sp³-hybridized carbons (Fsp3) is 0.560. The number of anilines is 1. The Labute approximate surface area is 203 Å². The van der Waals surface area contributed by atoms with Gasteiger partial charge in [-0.15, -0.1) is 0 Å². The molecule has 0 radical (unpaired) electrons. The number of nitrogens with one attached hydrogen (secondary N) is 2. The van der Waals surface area contributed by atoms with Gasteiger partial charge in [0.2, 0.25) is 0 Å². The number of amides is 1. The number of rotatable bonds is 6. The van der Waals surface area contributed by atoms with Crippen molar-refractivity contribution in [3.63, 3.8) is 0 Å². The van der Waals surface area contributed by atoms with E-state index in [1.807, 2.05) is 58.9 Å². The molecule has 2 aromatic rings. The van der Waals surface area contributed by atoms with E-state index in [-0.39, 0.29) is 6.61 Å². The summed E-state index contributed by atoms with van der Waals surface area (Å²) in [6.07, 6.45) is 2.94. The van der Waals surface area contributed by atoms with Gasteiger partial charge >= 0.3 is 6.09 Å². The third-order valence-electron chi connectivity index (χ3n) is 6.36. The second-order valence-electron chi connectivity index (χ2n) is 10.7. The standard InChI is InChI=1S/C25H34N4O4S/c1-23(2,3)33-22(31)29-24(4,5)17-9-7-16(8-10-17)20-26-18-11-14-34(32)19(18)21(27-20)28-25(15-30)12-6-13-25/h7-10,30H,6,11-15H2,1-5H3,(H,29,31)(H,26,27,28). The number of benzene rings is 1. The van der Waals surface area contributed by atoms with E-state index < -0.39 is 33.6 Å². The van der Waals surface area contributed by atoms with E-state index in [0.29, 0.717) is 28.7 Å². The fourth-order valence-corrected chi connectivity index (χ4v) is 5.56. The SMILES string of the molecule is CC(C)(C)OC(=O)NC(C)(C)c1ccc(-c2nc3c(c(NC4(CO)CCC4)n2)S(=O)CC3)cc1. The van der Waals surface area contributed by atoms with Gasteiger partial charge < -0.3 is 20.5 Å². The van der Waals surface area contributed by atoms with Crippen LogP contribution in [0.15, 0.2) is 29.2 Å². The van der Waals surface area contributed by atoms with Crippen LogP contribution in [0.1, 0.15) is 65.1 Å².